The molecule has 0 saturated heterocycles. The Labute approximate surface area is 172 Å². The maximum Gasteiger partial charge on any atom is 0.187 e. The minimum absolute atomic E-state index is 0.0283. The number of ketones is 1. The van der Waals surface area contributed by atoms with Crippen molar-refractivity contribution in [2.75, 3.05) is 6.26 Å². The standard InChI is InChI=1S/C21H15N3O3S2/c1-13-3-8-16(29(2,26)27)9-17(13)20(25)18(11-23)21-24-19(12-28-21)15-6-4-14(10-22)5-7-15/h3-9,12,18H,1-2H3. The highest BCUT2D eigenvalue weighted by Crippen LogP contribution is 2.30. The quantitative estimate of drug-likeness (QED) is 0.578. The number of nitrogens with zero attached hydrogens (tertiary/aromatic N) is 3. The predicted molar refractivity (Wildman–Crippen MR) is 109 cm³/mol. The van der Waals surface area contributed by atoms with E-state index in [9.17, 15) is 18.5 Å². The van der Waals surface area contributed by atoms with E-state index in [-0.39, 0.29) is 10.5 Å². The van der Waals surface area contributed by atoms with Crippen LogP contribution in [-0.4, -0.2) is 25.4 Å². The first-order valence-corrected chi connectivity index (χ1v) is 11.2. The Morgan fingerprint density at radius 1 is 1.14 bits per heavy atom. The molecule has 1 aromatic heterocycles. The normalized spacial score (nSPS) is 12.0. The van der Waals surface area contributed by atoms with Gasteiger partial charge >= 0.3 is 0 Å². The van der Waals surface area contributed by atoms with E-state index in [2.05, 4.69) is 4.98 Å². The topological polar surface area (TPSA) is 112 Å². The van der Waals surface area contributed by atoms with Crippen molar-refractivity contribution in [1.29, 1.82) is 10.5 Å². The van der Waals surface area contributed by atoms with Gasteiger partial charge < -0.3 is 0 Å². The first-order valence-electron chi connectivity index (χ1n) is 8.45. The number of Topliss-reactive ketones (excluding diaryl/α,β-unsaturated/α-hetero) is 1. The van der Waals surface area contributed by atoms with Gasteiger partial charge in [0.05, 0.1) is 28.3 Å². The summed E-state index contributed by atoms with van der Waals surface area (Å²) in [6.07, 6.45) is 1.07. The molecule has 0 fully saturated rings. The SMILES string of the molecule is Cc1ccc(S(C)(=O)=O)cc1C(=O)C(C#N)c1nc(-c2ccc(C#N)cc2)cs1. The molecule has 0 amide bonds. The van der Waals surface area contributed by atoms with Crippen molar-refractivity contribution in [2.45, 2.75) is 17.7 Å². The number of carbonyl (C=O) groups is 1. The van der Waals surface area contributed by atoms with Crippen LogP contribution in [0.5, 0.6) is 0 Å². The largest absolute Gasteiger partial charge is 0.292 e. The van der Waals surface area contributed by atoms with Gasteiger partial charge in [-0.1, -0.05) is 18.2 Å². The van der Waals surface area contributed by atoms with Crippen LogP contribution in [0.1, 0.15) is 32.4 Å². The second-order valence-corrected chi connectivity index (χ2v) is 9.34. The third-order valence-electron chi connectivity index (χ3n) is 4.37. The number of hydrogen-bond donors (Lipinski definition) is 0. The summed E-state index contributed by atoms with van der Waals surface area (Å²) in [7, 11) is -3.48. The van der Waals surface area contributed by atoms with Gasteiger partial charge in [0.25, 0.3) is 0 Å². The Morgan fingerprint density at radius 2 is 1.83 bits per heavy atom. The van der Waals surface area contributed by atoms with Crippen LogP contribution >= 0.6 is 11.3 Å². The number of sulfone groups is 1. The minimum Gasteiger partial charge on any atom is -0.292 e. The monoisotopic (exact) mass is 421 g/mol. The summed E-state index contributed by atoms with van der Waals surface area (Å²) >= 11 is 1.19. The van der Waals surface area contributed by atoms with Crippen LogP contribution in [-0.2, 0) is 9.84 Å². The third kappa shape index (κ3) is 4.24. The van der Waals surface area contributed by atoms with E-state index in [1.807, 2.05) is 12.1 Å². The van der Waals surface area contributed by atoms with Crippen LogP contribution in [0.25, 0.3) is 11.3 Å². The van der Waals surface area contributed by atoms with Gasteiger partial charge in [0, 0.05) is 22.8 Å². The van der Waals surface area contributed by atoms with Gasteiger partial charge in [0.2, 0.25) is 0 Å². The van der Waals surface area contributed by atoms with Crippen LogP contribution in [0, 0.1) is 29.6 Å². The number of carbonyl (C=O) groups excluding carboxylic acids is 1. The van der Waals surface area contributed by atoms with Gasteiger partial charge in [-0.25, -0.2) is 13.4 Å². The van der Waals surface area contributed by atoms with Crippen LogP contribution in [0.3, 0.4) is 0 Å². The lowest BCUT2D eigenvalue weighted by Crippen LogP contribution is -2.13. The maximum atomic E-state index is 13.0. The summed E-state index contributed by atoms with van der Waals surface area (Å²) in [6.45, 7) is 1.69. The lowest BCUT2D eigenvalue weighted by atomic mass is 9.96. The van der Waals surface area contributed by atoms with Gasteiger partial charge in [0.15, 0.2) is 21.5 Å². The summed E-state index contributed by atoms with van der Waals surface area (Å²) in [4.78, 5) is 17.5. The third-order valence-corrected chi connectivity index (χ3v) is 6.39. The molecule has 1 unspecified atom stereocenters. The smallest absolute Gasteiger partial charge is 0.187 e. The van der Waals surface area contributed by atoms with Gasteiger partial charge in [-0.2, -0.15) is 10.5 Å². The summed E-state index contributed by atoms with van der Waals surface area (Å²) < 4.78 is 23.7. The van der Waals surface area contributed by atoms with E-state index in [1.54, 1.807) is 42.6 Å². The van der Waals surface area contributed by atoms with E-state index in [0.29, 0.717) is 21.8 Å². The van der Waals surface area contributed by atoms with Crippen molar-refractivity contribution in [1.82, 2.24) is 4.98 Å². The van der Waals surface area contributed by atoms with Gasteiger partial charge in [-0.15, -0.1) is 11.3 Å². The Balaban J connectivity index is 1.97. The minimum atomic E-state index is -3.48. The van der Waals surface area contributed by atoms with Crippen LogP contribution in [0.15, 0.2) is 52.7 Å². The molecule has 0 aliphatic heterocycles. The van der Waals surface area contributed by atoms with Crippen molar-refractivity contribution in [2.24, 2.45) is 0 Å². The van der Waals surface area contributed by atoms with Crippen molar-refractivity contribution < 1.29 is 13.2 Å². The molecule has 0 radical (unpaired) electrons. The molecule has 0 aliphatic carbocycles. The number of hydrogen-bond acceptors (Lipinski definition) is 7. The number of aryl methyl sites for hydroxylation is 1. The molecule has 6 nitrogen and oxygen atoms in total. The van der Waals surface area contributed by atoms with E-state index in [4.69, 9.17) is 5.26 Å². The molecule has 0 bridgehead atoms. The van der Waals surface area contributed by atoms with Crippen LogP contribution in [0.4, 0.5) is 0 Å². The molecule has 1 atom stereocenters. The second-order valence-electron chi connectivity index (χ2n) is 6.44. The predicted octanol–water partition coefficient (Wildman–Crippen LogP) is 3.88. The number of nitriles is 2. The number of thiazole rings is 1. The van der Waals surface area contributed by atoms with E-state index >= 15 is 0 Å². The molecule has 0 N–H and O–H groups in total. The first kappa shape index (κ1) is 20.4. The fraction of sp³-hybridized carbons (Fsp3) is 0.143. The number of aromatic nitrogens is 1. The summed E-state index contributed by atoms with van der Waals surface area (Å²) in [5.74, 6) is -1.63. The number of rotatable bonds is 5. The molecule has 29 heavy (non-hydrogen) atoms. The first-order chi connectivity index (χ1) is 13.7. The number of benzene rings is 2. The lowest BCUT2D eigenvalue weighted by Gasteiger charge is -2.10. The van der Waals surface area contributed by atoms with Crippen molar-refractivity contribution in [3.63, 3.8) is 0 Å². The maximum absolute atomic E-state index is 13.0. The summed E-state index contributed by atoms with van der Waals surface area (Å²) in [6, 6.07) is 15.2. The molecule has 2 aromatic carbocycles. The van der Waals surface area contributed by atoms with Crippen LogP contribution in [0.2, 0.25) is 0 Å². The fourth-order valence-corrected chi connectivity index (χ4v) is 4.26. The molecule has 144 valence electrons. The highest BCUT2D eigenvalue weighted by atomic mass is 32.2. The molecule has 3 rings (SSSR count). The highest BCUT2D eigenvalue weighted by Gasteiger charge is 2.27. The molecule has 8 heteroatoms. The zero-order chi connectivity index (χ0) is 21.2. The lowest BCUT2D eigenvalue weighted by molar-refractivity contribution is 0.0978. The molecular formula is C21H15N3O3S2. The molecular weight excluding hydrogens is 406 g/mol. The van der Waals surface area contributed by atoms with Crippen LogP contribution < -0.4 is 0 Å². The Hall–Kier alpha value is -3.33. The molecule has 0 saturated carbocycles. The zero-order valence-corrected chi connectivity index (χ0v) is 17.2. The van der Waals surface area contributed by atoms with E-state index < -0.39 is 21.5 Å². The van der Waals surface area contributed by atoms with E-state index in [1.165, 1.54) is 23.5 Å². The van der Waals surface area contributed by atoms with Gasteiger partial charge in [-0.3, -0.25) is 4.79 Å². The average Bonchev–Trinajstić information content (AvgIpc) is 3.17. The summed E-state index contributed by atoms with van der Waals surface area (Å²) in [5, 5.41) is 20.6. The Morgan fingerprint density at radius 3 is 2.41 bits per heavy atom. The molecule has 0 aliphatic rings. The fourth-order valence-electron chi connectivity index (χ4n) is 2.75. The Kier molecular flexibility index (Phi) is 5.60. The van der Waals surface area contributed by atoms with Gasteiger partial charge in [0.1, 0.15) is 5.01 Å². The summed E-state index contributed by atoms with van der Waals surface area (Å²) in [5.41, 5.74) is 2.67. The van der Waals surface area contributed by atoms with Crippen molar-refractivity contribution in [3.05, 3.63) is 69.5 Å². The second kappa shape index (κ2) is 7.96. The molecule has 1 heterocycles. The van der Waals surface area contributed by atoms with Crippen molar-refractivity contribution in [3.8, 4) is 23.4 Å². The van der Waals surface area contributed by atoms with E-state index in [0.717, 1.165) is 11.8 Å². The Bertz CT molecular complexity index is 1280. The van der Waals surface area contributed by atoms with Gasteiger partial charge in [-0.05, 0) is 36.8 Å². The molecule has 0 spiro atoms. The molecule has 3 aromatic rings. The zero-order valence-electron chi connectivity index (χ0n) is 15.6. The average molecular weight is 422 g/mol. The van der Waals surface area contributed by atoms with Crippen molar-refractivity contribution >= 4 is 27.0 Å². The highest BCUT2D eigenvalue weighted by molar-refractivity contribution is 7.90.